The maximum atomic E-state index is 10.3. The summed E-state index contributed by atoms with van der Waals surface area (Å²) in [7, 11) is 0. The summed E-state index contributed by atoms with van der Waals surface area (Å²) in [6.07, 6.45) is 0.0988. The second-order valence-electron chi connectivity index (χ2n) is 4.40. The molecular formula is C14H12BrNOS2. The van der Waals surface area contributed by atoms with E-state index in [1.807, 2.05) is 31.2 Å². The van der Waals surface area contributed by atoms with E-state index in [2.05, 4.69) is 27.0 Å². The monoisotopic (exact) mass is 353 g/mol. The van der Waals surface area contributed by atoms with Crippen LogP contribution in [0.25, 0.3) is 10.2 Å². The van der Waals surface area contributed by atoms with Crippen LogP contribution in [-0.4, -0.2) is 10.1 Å². The van der Waals surface area contributed by atoms with Gasteiger partial charge in [0.1, 0.15) is 0 Å². The molecule has 0 aliphatic heterocycles. The fraction of sp³-hybridized carbons (Fsp3) is 0.214. The summed E-state index contributed by atoms with van der Waals surface area (Å²) in [5, 5.41) is 11.3. The van der Waals surface area contributed by atoms with Crippen LogP contribution in [0.15, 0.2) is 34.1 Å². The average Bonchev–Trinajstić information content (AvgIpc) is 2.93. The SMILES string of the molecule is Cc1cc(C(O)Cc2nc3ccccc3s2)sc1Br. The summed E-state index contributed by atoms with van der Waals surface area (Å²) in [5.74, 6) is 0. The van der Waals surface area contributed by atoms with E-state index in [0.29, 0.717) is 6.42 Å². The zero-order chi connectivity index (χ0) is 13.4. The molecule has 0 amide bonds. The number of hydrogen-bond donors (Lipinski definition) is 1. The molecule has 0 aliphatic rings. The number of rotatable bonds is 3. The first-order valence-corrected chi connectivity index (χ1v) is 8.34. The maximum absolute atomic E-state index is 10.3. The normalized spacial score (nSPS) is 13.0. The number of benzene rings is 1. The zero-order valence-corrected chi connectivity index (χ0v) is 13.5. The van der Waals surface area contributed by atoms with E-state index in [1.165, 1.54) is 10.3 Å². The van der Waals surface area contributed by atoms with Crippen molar-refractivity contribution in [2.24, 2.45) is 0 Å². The highest BCUT2D eigenvalue weighted by Crippen LogP contribution is 2.33. The molecule has 0 aliphatic carbocycles. The Morgan fingerprint density at radius 2 is 2.11 bits per heavy atom. The topological polar surface area (TPSA) is 33.1 Å². The van der Waals surface area contributed by atoms with Gasteiger partial charge in [-0.05, 0) is 46.6 Å². The van der Waals surface area contributed by atoms with Crippen molar-refractivity contribution in [2.45, 2.75) is 19.4 Å². The van der Waals surface area contributed by atoms with Gasteiger partial charge in [0.2, 0.25) is 0 Å². The van der Waals surface area contributed by atoms with Crippen LogP contribution in [0.3, 0.4) is 0 Å². The second kappa shape index (κ2) is 5.32. The number of fused-ring (bicyclic) bond motifs is 1. The van der Waals surface area contributed by atoms with Crippen molar-refractivity contribution in [1.82, 2.24) is 4.98 Å². The Kier molecular flexibility index (Phi) is 3.71. The largest absolute Gasteiger partial charge is 0.387 e. The number of aliphatic hydroxyl groups excluding tert-OH is 1. The van der Waals surface area contributed by atoms with Gasteiger partial charge in [-0.1, -0.05) is 12.1 Å². The molecule has 3 rings (SSSR count). The summed E-state index contributed by atoms with van der Waals surface area (Å²) in [5.41, 5.74) is 2.18. The van der Waals surface area contributed by atoms with Crippen molar-refractivity contribution in [2.75, 3.05) is 0 Å². The predicted octanol–water partition coefficient (Wildman–Crippen LogP) is 4.70. The average molecular weight is 354 g/mol. The van der Waals surface area contributed by atoms with Crippen molar-refractivity contribution >= 4 is 48.8 Å². The van der Waals surface area contributed by atoms with Gasteiger partial charge in [-0.3, -0.25) is 0 Å². The Bertz CT molecular complexity index is 667. The van der Waals surface area contributed by atoms with Gasteiger partial charge < -0.3 is 5.11 Å². The van der Waals surface area contributed by atoms with Gasteiger partial charge in [-0.2, -0.15) is 0 Å². The Hall–Kier alpha value is -0.750. The molecule has 0 fully saturated rings. The van der Waals surface area contributed by atoms with E-state index >= 15 is 0 Å². The number of thiazole rings is 1. The van der Waals surface area contributed by atoms with E-state index in [9.17, 15) is 5.11 Å². The number of aliphatic hydroxyl groups is 1. The number of hydrogen-bond acceptors (Lipinski definition) is 4. The zero-order valence-electron chi connectivity index (χ0n) is 10.3. The lowest BCUT2D eigenvalue weighted by atomic mass is 10.2. The third-order valence-electron chi connectivity index (χ3n) is 2.91. The molecule has 1 atom stereocenters. The predicted molar refractivity (Wildman–Crippen MR) is 85.0 cm³/mol. The summed E-state index contributed by atoms with van der Waals surface area (Å²) < 4.78 is 2.26. The van der Waals surface area contributed by atoms with Crippen molar-refractivity contribution in [3.05, 3.63) is 49.6 Å². The Morgan fingerprint density at radius 1 is 1.32 bits per heavy atom. The summed E-state index contributed by atoms with van der Waals surface area (Å²) >= 11 is 6.74. The summed E-state index contributed by atoms with van der Waals surface area (Å²) in [6.45, 7) is 2.04. The number of para-hydroxylation sites is 1. The van der Waals surface area contributed by atoms with Crippen LogP contribution >= 0.6 is 38.6 Å². The minimum Gasteiger partial charge on any atom is -0.387 e. The van der Waals surface area contributed by atoms with E-state index in [0.717, 1.165) is 19.2 Å². The van der Waals surface area contributed by atoms with Crippen LogP contribution in [-0.2, 0) is 6.42 Å². The second-order valence-corrected chi connectivity index (χ2v) is 7.92. The number of aromatic nitrogens is 1. The van der Waals surface area contributed by atoms with Gasteiger partial charge in [0.15, 0.2) is 0 Å². The first kappa shape index (κ1) is 13.2. The van der Waals surface area contributed by atoms with Crippen LogP contribution in [0.1, 0.15) is 21.6 Å². The molecule has 19 heavy (non-hydrogen) atoms. The lowest BCUT2D eigenvalue weighted by Gasteiger charge is -2.04. The van der Waals surface area contributed by atoms with Gasteiger partial charge in [0.25, 0.3) is 0 Å². The highest BCUT2D eigenvalue weighted by atomic mass is 79.9. The number of halogens is 1. The minimum absolute atomic E-state index is 0.476. The fourth-order valence-electron chi connectivity index (χ4n) is 1.92. The molecule has 1 aromatic carbocycles. The van der Waals surface area contributed by atoms with E-state index < -0.39 is 6.10 Å². The molecule has 0 saturated carbocycles. The Labute approximate surface area is 127 Å². The molecule has 2 aromatic heterocycles. The van der Waals surface area contributed by atoms with Crippen LogP contribution in [0.2, 0.25) is 0 Å². The van der Waals surface area contributed by atoms with E-state index in [1.54, 1.807) is 22.7 Å². The molecule has 3 aromatic rings. The molecule has 0 saturated heterocycles. The molecule has 1 N–H and O–H groups in total. The lowest BCUT2D eigenvalue weighted by molar-refractivity contribution is 0.182. The quantitative estimate of drug-likeness (QED) is 0.739. The van der Waals surface area contributed by atoms with Gasteiger partial charge in [-0.25, -0.2) is 4.98 Å². The lowest BCUT2D eigenvalue weighted by Crippen LogP contribution is -1.98. The Morgan fingerprint density at radius 3 is 2.79 bits per heavy atom. The van der Waals surface area contributed by atoms with Crippen LogP contribution in [0, 0.1) is 6.92 Å². The van der Waals surface area contributed by atoms with Crippen LogP contribution < -0.4 is 0 Å². The highest BCUT2D eigenvalue weighted by molar-refractivity contribution is 9.11. The molecule has 1 unspecified atom stereocenters. The molecule has 2 nitrogen and oxygen atoms in total. The molecular weight excluding hydrogens is 342 g/mol. The molecule has 98 valence electrons. The summed E-state index contributed by atoms with van der Waals surface area (Å²) in [6, 6.07) is 10.1. The number of thiophene rings is 1. The number of aryl methyl sites for hydroxylation is 1. The van der Waals surface area contributed by atoms with E-state index in [-0.39, 0.29) is 0 Å². The Balaban J connectivity index is 1.84. The van der Waals surface area contributed by atoms with Gasteiger partial charge >= 0.3 is 0 Å². The highest BCUT2D eigenvalue weighted by Gasteiger charge is 2.15. The molecule has 0 radical (unpaired) electrons. The van der Waals surface area contributed by atoms with Crippen LogP contribution in [0.4, 0.5) is 0 Å². The van der Waals surface area contributed by atoms with Gasteiger partial charge in [0, 0.05) is 11.3 Å². The fourth-order valence-corrected chi connectivity index (χ4v) is 4.48. The molecule has 5 heteroatoms. The van der Waals surface area contributed by atoms with Crippen molar-refractivity contribution in [1.29, 1.82) is 0 Å². The minimum atomic E-state index is -0.476. The molecule has 0 bridgehead atoms. The molecule has 2 heterocycles. The third-order valence-corrected chi connectivity index (χ3v) is 6.21. The standard InChI is InChI=1S/C14H12BrNOS2/c1-8-6-12(19-14(8)15)10(17)7-13-16-9-4-2-3-5-11(9)18-13/h2-6,10,17H,7H2,1H3. The first-order chi connectivity index (χ1) is 9.13. The van der Waals surface area contributed by atoms with Crippen molar-refractivity contribution < 1.29 is 5.11 Å². The number of nitrogens with zero attached hydrogens (tertiary/aromatic N) is 1. The maximum Gasteiger partial charge on any atom is 0.0968 e. The van der Waals surface area contributed by atoms with Crippen LogP contribution in [0.5, 0.6) is 0 Å². The van der Waals surface area contributed by atoms with Crippen molar-refractivity contribution in [3.63, 3.8) is 0 Å². The third kappa shape index (κ3) is 2.74. The smallest absolute Gasteiger partial charge is 0.0968 e. The summed E-state index contributed by atoms with van der Waals surface area (Å²) in [4.78, 5) is 5.55. The molecule has 0 spiro atoms. The van der Waals surface area contributed by atoms with Gasteiger partial charge in [-0.15, -0.1) is 22.7 Å². The first-order valence-electron chi connectivity index (χ1n) is 5.92. The van der Waals surface area contributed by atoms with Crippen molar-refractivity contribution in [3.8, 4) is 0 Å². The van der Waals surface area contributed by atoms with E-state index in [4.69, 9.17) is 0 Å². The van der Waals surface area contributed by atoms with Gasteiger partial charge in [0.05, 0.1) is 25.1 Å².